The minimum Gasteiger partial charge on any atom is -0.457 e. The number of H-pyrrole nitrogens is 1. The molecule has 6 nitrogen and oxygen atoms in total. The molecule has 1 aliphatic carbocycles. The van der Waals surface area contributed by atoms with Crippen LogP contribution in [0, 0.1) is 0 Å². The van der Waals surface area contributed by atoms with E-state index in [9.17, 15) is 0 Å². The normalized spacial score (nSPS) is 14.4. The van der Waals surface area contributed by atoms with Crippen LogP contribution >= 0.6 is 11.6 Å². The summed E-state index contributed by atoms with van der Waals surface area (Å²) in [5, 5.41) is 12.8. The van der Waals surface area contributed by atoms with E-state index < -0.39 is 0 Å². The number of nitrogens with zero attached hydrogens (tertiary/aromatic N) is 2. The third-order valence-electron chi connectivity index (χ3n) is 4.19. The highest BCUT2D eigenvalue weighted by Crippen LogP contribution is 2.31. The molecule has 0 radical (unpaired) electrons. The smallest absolute Gasteiger partial charge is 0.243 e. The third-order valence-corrected chi connectivity index (χ3v) is 4.61. The van der Waals surface area contributed by atoms with E-state index in [1.807, 2.05) is 30.3 Å². The summed E-state index contributed by atoms with van der Waals surface area (Å²) in [7, 11) is 0. The lowest BCUT2D eigenvalue weighted by Gasteiger charge is -2.19. The molecule has 0 bridgehead atoms. The second-order valence-corrected chi connectivity index (χ2v) is 6.46. The first kappa shape index (κ1) is 16.5. The fraction of sp³-hybridized carbons (Fsp3) is 0.158. The topological polar surface area (TPSA) is 88.8 Å². The number of hydrogen-bond acceptors (Lipinski definition) is 5. The number of rotatable bonds is 5. The van der Waals surface area contributed by atoms with Crippen LogP contribution in [0.2, 0.25) is 0 Å². The molecule has 3 aromatic rings. The van der Waals surface area contributed by atoms with Crippen LogP contribution in [0.5, 0.6) is 5.75 Å². The lowest BCUT2D eigenvalue weighted by atomic mass is 10.0. The van der Waals surface area contributed by atoms with Crippen LogP contribution in [0.4, 0.5) is 11.9 Å². The van der Waals surface area contributed by atoms with E-state index in [1.54, 1.807) is 0 Å². The first-order valence-corrected chi connectivity index (χ1v) is 8.73. The summed E-state index contributed by atoms with van der Waals surface area (Å²) in [6, 6.07) is 14.2. The largest absolute Gasteiger partial charge is 0.457 e. The fourth-order valence-corrected chi connectivity index (χ4v) is 3.17. The molecular weight excluding hydrogens is 350 g/mol. The van der Waals surface area contributed by atoms with Gasteiger partial charge in [-0.3, -0.25) is 0 Å². The molecular formula is C19H18ClN5O. The number of allylic oxidation sites excluding steroid dienone is 2. The van der Waals surface area contributed by atoms with E-state index in [0.717, 1.165) is 40.3 Å². The zero-order valence-corrected chi connectivity index (χ0v) is 14.8. The van der Waals surface area contributed by atoms with Crippen LogP contribution < -0.4 is 15.8 Å². The molecule has 26 heavy (non-hydrogen) atoms. The number of aromatic amines is 1. The molecule has 7 heteroatoms. The molecule has 2 aromatic carbocycles. The third kappa shape index (κ3) is 3.50. The maximum absolute atomic E-state index is 6.46. The molecule has 132 valence electrons. The van der Waals surface area contributed by atoms with E-state index in [0.29, 0.717) is 12.5 Å². The standard InChI is InChI=1S/C19H18ClN5O/c20-16-6-3-7-17(15(16)11-22-19-23-18(21)24-25-19)26-14-9-8-12-4-1-2-5-13(12)10-14/h1-2,4-5,7-10H,3,6,11H2,(H4,21,22,23,24,25). The summed E-state index contributed by atoms with van der Waals surface area (Å²) >= 11 is 6.46. The van der Waals surface area contributed by atoms with Crippen molar-refractivity contribution in [2.75, 3.05) is 17.6 Å². The van der Waals surface area contributed by atoms with Gasteiger partial charge in [0.1, 0.15) is 11.5 Å². The van der Waals surface area contributed by atoms with Gasteiger partial charge in [0.05, 0.1) is 0 Å². The van der Waals surface area contributed by atoms with Crippen molar-refractivity contribution >= 4 is 34.3 Å². The lowest BCUT2D eigenvalue weighted by Crippen LogP contribution is -2.14. The summed E-state index contributed by atoms with van der Waals surface area (Å²) < 4.78 is 6.15. The Morgan fingerprint density at radius 1 is 1.19 bits per heavy atom. The first-order valence-electron chi connectivity index (χ1n) is 8.35. The quantitative estimate of drug-likeness (QED) is 0.628. The molecule has 1 aliphatic rings. The second kappa shape index (κ2) is 7.09. The molecule has 0 saturated heterocycles. The van der Waals surface area contributed by atoms with Crippen LogP contribution in [0.1, 0.15) is 12.8 Å². The van der Waals surface area contributed by atoms with Gasteiger partial charge in [0.25, 0.3) is 0 Å². The predicted octanol–water partition coefficient (Wildman–Crippen LogP) is 4.20. The van der Waals surface area contributed by atoms with E-state index in [2.05, 4.69) is 38.7 Å². The molecule has 1 aromatic heterocycles. The summed E-state index contributed by atoms with van der Waals surface area (Å²) in [5.41, 5.74) is 6.44. The highest BCUT2D eigenvalue weighted by Gasteiger charge is 2.18. The molecule has 0 aliphatic heterocycles. The summed E-state index contributed by atoms with van der Waals surface area (Å²) in [4.78, 5) is 4.04. The molecule has 0 amide bonds. The van der Waals surface area contributed by atoms with Crippen molar-refractivity contribution in [3.05, 3.63) is 64.9 Å². The lowest BCUT2D eigenvalue weighted by molar-refractivity contribution is 0.429. The van der Waals surface area contributed by atoms with Crippen LogP contribution in [0.3, 0.4) is 0 Å². The van der Waals surface area contributed by atoms with Crippen molar-refractivity contribution in [1.29, 1.82) is 0 Å². The van der Waals surface area contributed by atoms with Crippen molar-refractivity contribution in [3.63, 3.8) is 0 Å². The average molecular weight is 368 g/mol. The van der Waals surface area contributed by atoms with Crippen molar-refractivity contribution in [2.45, 2.75) is 12.8 Å². The maximum atomic E-state index is 6.46. The van der Waals surface area contributed by atoms with Crippen molar-refractivity contribution in [2.24, 2.45) is 0 Å². The van der Waals surface area contributed by atoms with Crippen molar-refractivity contribution < 1.29 is 4.74 Å². The van der Waals surface area contributed by atoms with Gasteiger partial charge >= 0.3 is 0 Å². The zero-order valence-electron chi connectivity index (χ0n) is 14.0. The van der Waals surface area contributed by atoms with Gasteiger partial charge in [-0.05, 0) is 41.8 Å². The number of nitrogens with one attached hydrogen (secondary N) is 2. The number of anilines is 2. The monoisotopic (exact) mass is 367 g/mol. The molecule has 4 N–H and O–H groups in total. The number of hydrogen-bond donors (Lipinski definition) is 3. The minimum absolute atomic E-state index is 0.263. The highest BCUT2D eigenvalue weighted by molar-refractivity contribution is 6.30. The number of nitrogen functional groups attached to an aromatic ring is 1. The van der Waals surface area contributed by atoms with Gasteiger partial charge in [-0.2, -0.15) is 4.98 Å². The Morgan fingerprint density at radius 2 is 2.04 bits per heavy atom. The number of halogens is 1. The van der Waals surface area contributed by atoms with E-state index >= 15 is 0 Å². The highest BCUT2D eigenvalue weighted by atomic mass is 35.5. The number of benzene rings is 2. The summed E-state index contributed by atoms with van der Waals surface area (Å²) in [6.45, 7) is 0.454. The van der Waals surface area contributed by atoms with Crippen LogP contribution in [0.15, 0.2) is 64.9 Å². The number of fused-ring (bicyclic) bond motifs is 1. The predicted molar refractivity (Wildman–Crippen MR) is 104 cm³/mol. The zero-order chi connectivity index (χ0) is 17.9. The van der Waals surface area contributed by atoms with Gasteiger partial charge in [-0.1, -0.05) is 41.9 Å². The molecule has 4 rings (SSSR count). The molecule has 0 fully saturated rings. The Morgan fingerprint density at radius 3 is 2.85 bits per heavy atom. The van der Waals surface area contributed by atoms with Crippen molar-refractivity contribution in [1.82, 2.24) is 15.2 Å². The van der Waals surface area contributed by atoms with Gasteiger partial charge < -0.3 is 15.8 Å². The van der Waals surface area contributed by atoms with Gasteiger partial charge in [0.15, 0.2) is 0 Å². The Bertz CT molecular complexity index is 1010. The maximum Gasteiger partial charge on any atom is 0.243 e. The van der Waals surface area contributed by atoms with E-state index in [4.69, 9.17) is 22.1 Å². The van der Waals surface area contributed by atoms with Gasteiger partial charge in [0, 0.05) is 17.2 Å². The van der Waals surface area contributed by atoms with Gasteiger partial charge in [0.2, 0.25) is 11.9 Å². The Kier molecular flexibility index (Phi) is 4.50. The Balaban J connectivity index is 1.53. The Labute approximate surface area is 155 Å². The van der Waals surface area contributed by atoms with Crippen molar-refractivity contribution in [3.8, 4) is 5.75 Å². The van der Waals surface area contributed by atoms with Gasteiger partial charge in [-0.15, -0.1) is 5.10 Å². The summed E-state index contributed by atoms with van der Waals surface area (Å²) in [6.07, 6.45) is 3.70. The number of aromatic nitrogens is 3. The fourth-order valence-electron chi connectivity index (χ4n) is 2.90. The van der Waals surface area contributed by atoms with E-state index in [1.165, 1.54) is 5.39 Å². The Hall–Kier alpha value is -2.99. The summed E-state index contributed by atoms with van der Waals surface area (Å²) in [5.74, 6) is 2.22. The van der Waals surface area contributed by atoms with Crippen LogP contribution in [0.25, 0.3) is 10.8 Å². The first-order chi connectivity index (χ1) is 12.7. The molecule has 0 unspecified atom stereocenters. The molecule has 1 heterocycles. The van der Waals surface area contributed by atoms with Crippen LogP contribution in [-0.2, 0) is 0 Å². The average Bonchev–Trinajstić information content (AvgIpc) is 3.06. The molecule has 0 atom stereocenters. The SMILES string of the molecule is Nc1nc(NCC2=C(Cl)CCC=C2Oc2ccc3ccccc3c2)n[nH]1. The number of nitrogens with two attached hydrogens (primary N) is 1. The number of ether oxygens (including phenoxy) is 1. The minimum atomic E-state index is 0.263. The van der Waals surface area contributed by atoms with Crippen LogP contribution in [-0.4, -0.2) is 21.7 Å². The van der Waals surface area contributed by atoms with E-state index in [-0.39, 0.29) is 5.95 Å². The molecule has 0 spiro atoms. The van der Waals surface area contributed by atoms with Gasteiger partial charge in [-0.25, -0.2) is 5.10 Å². The second-order valence-electron chi connectivity index (χ2n) is 6.00. The molecule has 0 saturated carbocycles.